The number of likely N-dealkylation sites (N-methyl/N-ethyl adjacent to an activating group) is 1. The molecule has 3 aliphatic rings. The van der Waals surface area contributed by atoms with E-state index < -0.39 is 5.41 Å². The van der Waals surface area contributed by atoms with Crippen LogP contribution in [0.25, 0.3) is 0 Å². The van der Waals surface area contributed by atoms with E-state index in [1.165, 1.54) is 43.1 Å². The molecule has 150 valence electrons. The molecule has 5 atom stereocenters. The topological polar surface area (TPSA) is 23.8 Å². The Bertz CT molecular complexity index is 875. The molecule has 0 aromatic heterocycles. The van der Waals surface area contributed by atoms with Crippen molar-refractivity contribution in [1.29, 1.82) is 5.26 Å². The zero-order valence-electron chi connectivity index (χ0n) is 17.8. The molecular weight excluding hydrogens is 352 g/mol. The van der Waals surface area contributed by atoms with Crippen LogP contribution in [-0.2, 0) is 5.41 Å². The minimum atomic E-state index is -0.542. The second-order valence-electron chi connectivity index (χ2n) is 10.0. The molecule has 1 heterocycles. The quantitative estimate of drug-likeness (QED) is 0.463. The molecule has 29 heavy (non-hydrogen) atoms. The molecule has 2 aromatic carbocycles. The highest BCUT2D eigenvalue weighted by Gasteiger charge is 2.83. The van der Waals surface area contributed by atoms with Crippen molar-refractivity contribution in [2.75, 3.05) is 13.6 Å². The van der Waals surface area contributed by atoms with Crippen LogP contribution < -0.4 is 0 Å². The third-order valence-electron chi connectivity index (χ3n) is 8.93. The van der Waals surface area contributed by atoms with Crippen molar-refractivity contribution in [3.8, 4) is 6.07 Å². The first-order chi connectivity index (χ1) is 14.1. The summed E-state index contributed by atoms with van der Waals surface area (Å²) in [5, 5.41) is 10.6. The van der Waals surface area contributed by atoms with Crippen molar-refractivity contribution in [2.45, 2.75) is 62.4 Å². The average molecular weight is 386 g/mol. The van der Waals surface area contributed by atoms with Crippen LogP contribution in [0, 0.1) is 23.2 Å². The van der Waals surface area contributed by atoms with Crippen molar-refractivity contribution in [3.05, 3.63) is 71.8 Å². The highest BCUT2D eigenvalue weighted by atomic mass is 15.6. The van der Waals surface area contributed by atoms with Crippen molar-refractivity contribution in [3.63, 3.8) is 0 Å². The van der Waals surface area contributed by atoms with Crippen LogP contribution in [0.15, 0.2) is 60.7 Å². The minimum absolute atomic E-state index is 0.542. The molecular formula is C27H33N2+. The summed E-state index contributed by atoms with van der Waals surface area (Å²) in [6.45, 7) is 3.66. The maximum absolute atomic E-state index is 10.6. The van der Waals surface area contributed by atoms with Crippen molar-refractivity contribution >= 4 is 0 Å². The van der Waals surface area contributed by atoms with Crippen LogP contribution in [-0.4, -0.2) is 29.7 Å². The molecule has 0 radical (unpaired) electrons. The third-order valence-corrected chi connectivity index (χ3v) is 8.93. The number of nitriles is 1. The molecule has 2 aliphatic carbocycles. The Labute approximate surface area is 175 Å². The van der Waals surface area contributed by atoms with E-state index in [0.717, 1.165) is 29.5 Å². The van der Waals surface area contributed by atoms with Gasteiger partial charge in [-0.05, 0) is 42.7 Å². The first-order valence-electron chi connectivity index (χ1n) is 11.5. The number of benzene rings is 2. The molecule has 2 saturated carbocycles. The molecule has 2 heteroatoms. The van der Waals surface area contributed by atoms with Crippen LogP contribution >= 0.6 is 0 Å². The molecule has 3 fully saturated rings. The summed E-state index contributed by atoms with van der Waals surface area (Å²) in [5.74, 6) is 1.51. The van der Waals surface area contributed by atoms with Crippen LogP contribution in [0.3, 0.4) is 0 Å². The summed E-state index contributed by atoms with van der Waals surface area (Å²) in [5.41, 5.74) is 2.38. The Morgan fingerprint density at radius 3 is 2.14 bits per heavy atom. The molecule has 0 amide bonds. The lowest BCUT2D eigenvalue weighted by atomic mass is 9.58. The van der Waals surface area contributed by atoms with E-state index in [2.05, 4.69) is 80.7 Å². The van der Waals surface area contributed by atoms with Gasteiger partial charge in [-0.15, -0.1) is 0 Å². The van der Waals surface area contributed by atoms with Crippen LogP contribution in [0.1, 0.15) is 56.6 Å². The Morgan fingerprint density at radius 1 is 1.03 bits per heavy atom. The Kier molecular flexibility index (Phi) is 4.37. The third kappa shape index (κ3) is 2.50. The van der Waals surface area contributed by atoms with E-state index in [0.29, 0.717) is 11.5 Å². The minimum Gasteiger partial charge on any atom is -0.308 e. The summed E-state index contributed by atoms with van der Waals surface area (Å²) in [6, 6.07) is 24.7. The van der Waals surface area contributed by atoms with Gasteiger partial charge in [-0.2, -0.15) is 5.26 Å². The Balaban J connectivity index is 1.48. The van der Waals surface area contributed by atoms with E-state index in [1.807, 2.05) is 0 Å². The molecule has 2 nitrogen and oxygen atoms in total. The molecule has 0 N–H and O–H groups in total. The number of likely N-dealkylation sites (tertiary alicyclic amines) is 1. The summed E-state index contributed by atoms with van der Waals surface area (Å²) < 4.78 is 1.32. The predicted molar refractivity (Wildman–Crippen MR) is 117 cm³/mol. The van der Waals surface area contributed by atoms with Crippen molar-refractivity contribution in [1.82, 2.24) is 0 Å². The van der Waals surface area contributed by atoms with Crippen LogP contribution in [0.2, 0.25) is 0 Å². The second-order valence-corrected chi connectivity index (χ2v) is 10.0. The zero-order valence-corrected chi connectivity index (χ0v) is 17.8. The number of nitrogens with zero attached hydrogens (tertiary/aromatic N) is 2. The Hall–Kier alpha value is -2.11. The fourth-order valence-electron chi connectivity index (χ4n) is 7.57. The number of hydrogen-bond acceptors (Lipinski definition) is 1. The molecule has 1 spiro atoms. The smallest absolute Gasteiger partial charge is 0.154 e. The molecule has 0 bridgehead atoms. The standard InChI is InChI=1S/C27H33N2/c1-3-16-29(2)25-18-21(17-24-14-15-27(24,25)29)19-26(20-28,22-10-6-4-7-11-22)23-12-8-5-9-13-23/h4-13,21,24-25H,3,14-19H2,1-2H3/q+1/t21-,24+,25+,27?,29?/m1/s1. The van der Waals surface area contributed by atoms with Gasteiger partial charge in [-0.1, -0.05) is 67.6 Å². The first-order valence-corrected chi connectivity index (χ1v) is 11.5. The number of quaternary nitrogens is 1. The van der Waals surface area contributed by atoms with Crippen LogP contribution in [0.4, 0.5) is 0 Å². The SMILES string of the molecule is CCC[N+]1(C)[C@H]2C[C@H](CC(C#N)(c3ccccc3)c3ccccc3)C[C@@H]3CCC321. The fourth-order valence-corrected chi connectivity index (χ4v) is 7.57. The molecule has 2 aromatic rings. The second kappa shape index (κ2) is 6.71. The highest BCUT2D eigenvalue weighted by Crippen LogP contribution is 2.70. The van der Waals surface area contributed by atoms with Gasteiger partial charge in [0.1, 0.15) is 11.5 Å². The van der Waals surface area contributed by atoms with Gasteiger partial charge in [-0.25, -0.2) is 0 Å². The van der Waals surface area contributed by atoms with Gasteiger partial charge < -0.3 is 4.48 Å². The van der Waals surface area contributed by atoms with Gasteiger partial charge in [-0.3, -0.25) is 0 Å². The van der Waals surface area contributed by atoms with Crippen molar-refractivity contribution < 1.29 is 4.48 Å². The van der Waals surface area contributed by atoms with Gasteiger partial charge in [0.25, 0.3) is 0 Å². The summed E-state index contributed by atoms with van der Waals surface area (Å²) in [7, 11) is 2.52. The predicted octanol–water partition coefficient (Wildman–Crippen LogP) is 5.68. The van der Waals surface area contributed by atoms with Gasteiger partial charge in [0.05, 0.1) is 19.7 Å². The molecule has 5 rings (SSSR count). The van der Waals surface area contributed by atoms with Gasteiger partial charge in [0.15, 0.2) is 5.54 Å². The van der Waals surface area contributed by atoms with E-state index in [4.69, 9.17) is 0 Å². The molecule has 2 unspecified atom stereocenters. The maximum atomic E-state index is 10.6. The zero-order chi connectivity index (χ0) is 20.1. The van der Waals surface area contributed by atoms with Gasteiger partial charge in [0, 0.05) is 18.8 Å². The fraction of sp³-hybridized carbons (Fsp3) is 0.519. The number of rotatable bonds is 6. The summed E-state index contributed by atoms with van der Waals surface area (Å²) >= 11 is 0. The van der Waals surface area contributed by atoms with E-state index in [1.54, 1.807) is 0 Å². The van der Waals surface area contributed by atoms with Gasteiger partial charge >= 0.3 is 0 Å². The lowest BCUT2D eigenvalue weighted by Gasteiger charge is -2.42. The van der Waals surface area contributed by atoms with Crippen molar-refractivity contribution in [2.24, 2.45) is 11.8 Å². The summed E-state index contributed by atoms with van der Waals surface area (Å²) in [6.07, 6.45) is 7.69. The van der Waals surface area contributed by atoms with Crippen LogP contribution in [0.5, 0.6) is 0 Å². The van der Waals surface area contributed by atoms with E-state index in [-0.39, 0.29) is 0 Å². The Morgan fingerprint density at radius 2 is 1.66 bits per heavy atom. The average Bonchev–Trinajstić information content (AvgIpc) is 3.30. The largest absolute Gasteiger partial charge is 0.308 e. The highest BCUT2D eigenvalue weighted by molar-refractivity contribution is 5.46. The van der Waals surface area contributed by atoms with E-state index in [9.17, 15) is 5.26 Å². The van der Waals surface area contributed by atoms with E-state index >= 15 is 0 Å². The molecule has 1 aliphatic heterocycles. The number of hydrogen-bond donors (Lipinski definition) is 0. The normalized spacial score (nSPS) is 35.0. The summed E-state index contributed by atoms with van der Waals surface area (Å²) in [4.78, 5) is 0. The lowest BCUT2D eigenvalue weighted by Crippen LogP contribution is -2.48. The first kappa shape index (κ1) is 18.9. The molecule has 1 saturated heterocycles. The monoisotopic (exact) mass is 385 g/mol. The van der Waals surface area contributed by atoms with Gasteiger partial charge in [0.2, 0.25) is 0 Å². The maximum Gasteiger partial charge on any atom is 0.154 e. The lowest BCUT2D eigenvalue weighted by molar-refractivity contribution is -0.828.